The number of carbonyl (C=O) groups excluding carboxylic acids is 1. The molecule has 0 aliphatic rings. The van der Waals surface area contributed by atoms with Crippen molar-refractivity contribution in [3.05, 3.63) is 34.3 Å². The van der Waals surface area contributed by atoms with Gasteiger partial charge in [0.25, 0.3) is 0 Å². The van der Waals surface area contributed by atoms with Crippen molar-refractivity contribution in [3.63, 3.8) is 0 Å². The van der Waals surface area contributed by atoms with Gasteiger partial charge < -0.3 is 5.32 Å². The Morgan fingerprint density at radius 3 is 2.35 bits per heavy atom. The molecule has 0 saturated heterocycles. The Morgan fingerprint density at radius 1 is 1.35 bits per heavy atom. The van der Waals surface area contributed by atoms with Crippen molar-refractivity contribution in [1.82, 2.24) is 5.32 Å². The first-order valence-electron chi connectivity index (χ1n) is 4.91. The summed E-state index contributed by atoms with van der Waals surface area (Å²) in [7, 11) is 0. The molecule has 0 heterocycles. The third kappa shape index (κ3) is 4.38. The highest BCUT2D eigenvalue weighted by molar-refractivity contribution is 9.10. The molecule has 94 valence electrons. The fourth-order valence-corrected chi connectivity index (χ4v) is 1.52. The Bertz CT molecular complexity index is 389. The largest absolute Gasteiger partial charge is 0.471 e. The number of benzene rings is 1. The highest BCUT2D eigenvalue weighted by Gasteiger charge is 2.38. The number of amides is 1. The standard InChI is InChI=1S/C11H11BrF3NO/c1-7(6-16-10(17)11(13,14)15)8-2-4-9(12)5-3-8/h2-5,7H,6H2,1H3,(H,16,17)/t7-/m0/s1. The van der Waals surface area contributed by atoms with Crippen LogP contribution in [-0.2, 0) is 4.79 Å². The SMILES string of the molecule is C[C@@H](CNC(=O)C(F)(F)F)c1ccc(Br)cc1. The van der Waals surface area contributed by atoms with E-state index in [1.165, 1.54) is 0 Å². The maximum Gasteiger partial charge on any atom is 0.471 e. The van der Waals surface area contributed by atoms with Gasteiger partial charge in [0.1, 0.15) is 0 Å². The van der Waals surface area contributed by atoms with E-state index >= 15 is 0 Å². The number of nitrogens with one attached hydrogen (secondary N) is 1. The van der Waals surface area contributed by atoms with Crippen LogP contribution in [0.4, 0.5) is 13.2 Å². The Hall–Kier alpha value is -1.04. The Balaban J connectivity index is 2.53. The summed E-state index contributed by atoms with van der Waals surface area (Å²) < 4.78 is 36.7. The minimum Gasteiger partial charge on any atom is -0.348 e. The molecule has 0 unspecified atom stereocenters. The lowest BCUT2D eigenvalue weighted by Gasteiger charge is -2.14. The molecular formula is C11H11BrF3NO. The van der Waals surface area contributed by atoms with E-state index in [1.807, 2.05) is 5.32 Å². The molecule has 0 aliphatic carbocycles. The molecule has 0 radical (unpaired) electrons. The molecule has 1 atom stereocenters. The van der Waals surface area contributed by atoms with Crippen LogP contribution in [0.5, 0.6) is 0 Å². The van der Waals surface area contributed by atoms with Gasteiger partial charge in [-0.05, 0) is 23.6 Å². The number of rotatable bonds is 3. The molecule has 0 fully saturated rings. The van der Waals surface area contributed by atoms with E-state index in [1.54, 1.807) is 31.2 Å². The highest BCUT2D eigenvalue weighted by atomic mass is 79.9. The third-order valence-electron chi connectivity index (χ3n) is 2.27. The van der Waals surface area contributed by atoms with Gasteiger partial charge in [-0.2, -0.15) is 13.2 Å². The van der Waals surface area contributed by atoms with Gasteiger partial charge in [-0.25, -0.2) is 0 Å². The van der Waals surface area contributed by atoms with Crippen LogP contribution in [-0.4, -0.2) is 18.6 Å². The van der Waals surface area contributed by atoms with Crippen molar-refractivity contribution in [2.45, 2.75) is 19.0 Å². The molecule has 17 heavy (non-hydrogen) atoms. The van der Waals surface area contributed by atoms with E-state index < -0.39 is 12.1 Å². The Kier molecular flexibility index (Phi) is 4.56. The van der Waals surface area contributed by atoms with Crippen LogP contribution < -0.4 is 5.32 Å². The average molecular weight is 310 g/mol. The van der Waals surface area contributed by atoms with Crippen LogP contribution in [0.15, 0.2) is 28.7 Å². The molecular weight excluding hydrogens is 299 g/mol. The van der Waals surface area contributed by atoms with Crippen molar-refractivity contribution in [1.29, 1.82) is 0 Å². The number of hydrogen-bond acceptors (Lipinski definition) is 1. The Morgan fingerprint density at radius 2 is 1.88 bits per heavy atom. The van der Waals surface area contributed by atoms with Gasteiger partial charge in [-0.15, -0.1) is 0 Å². The summed E-state index contributed by atoms with van der Waals surface area (Å²) in [5.41, 5.74) is 0.871. The summed E-state index contributed by atoms with van der Waals surface area (Å²) in [5.74, 6) is -2.07. The van der Waals surface area contributed by atoms with Crippen LogP contribution in [0.25, 0.3) is 0 Å². The van der Waals surface area contributed by atoms with Crippen LogP contribution in [0.2, 0.25) is 0 Å². The van der Waals surface area contributed by atoms with Crippen LogP contribution in [0.3, 0.4) is 0 Å². The molecule has 1 N–H and O–H groups in total. The number of halogens is 4. The fourth-order valence-electron chi connectivity index (χ4n) is 1.26. The summed E-state index contributed by atoms with van der Waals surface area (Å²) in [4.78, 5) is 10.6. The van der Waals surface area contributed by atoms with Crippen molar-refractivity contribution in [2.24, 2.45) is 0 Å². The molecule has 0 bridgehead atoms. The number of carbonyl (C=O) groups is 1. The van der Waals surface area contributed by atoms with E-state index in [-0.39, 0.29) is 12.5 Å². The maximum atomic E-state index is 11.9. The van der Waals surface area contributed by atoms with Crippen LogP contribution in [0, 0.1) is 0 Å². The van der Waals surface area contributed by atoms with E-state index in [0.29, 0.717) is 0 Å². The smallest absolute Gasteiger partial charge is 0.348 e. The van der Waals surface area contributed by atoms with E-state index in [2.05, 4.69) is 15.9 Å². The minimum atomic E-state index is -4.82. The first-order chi connectivity index (χ1) is 7.80. The second kappa shape index (κ2) is 5.53. The zero-order chi connectivity index (χ0) is 13.1. The topological polar surface area (TPSA) is 29.1 Å². The second-order valence-electron chi connectivity index (χ2n) is 3.66. The molecule has 1 aromatic rings. The summed E-state index contributed by atoms with van der Waals surface area (Å²) in [5, 5.41) is 1.86. The lowest BCUT2D eigenvalue weighted by atomic mass is 10.0. The first-order valence-corrected chi connectivity index (χ1v) is 5.70. The van der Waals surface area contributed by atoms with E-state index in [0.717, 1.165) is 10.0 Å². The van der Waals surface area contributed by atoms with Gasteiger partial charge in [0, 0.05) is 11.0 Å². The fraction of sp³-hybridized carbons (Fsp3) is 0.364. The summed E-state index contributed by atoms with van der Waals surface area (Å²) in [6.07, 6.45) is -4.82. The van der Waals surface area contributed by atoms with Crippen molar-refractivity contribution >= 4 is 21.8 Å². The lowest BCUT2D eigenvalue weighted by Crippen LogP contribution is -2.38. The monoisotopic (exact) mass is 309 g/mol. The molecule has 0 aliphatic heterocycles. The van der Waals surface area contributed by atoms with Gasteiger partial charge in [0.15, 0.2) is 0 Å². The zero-order valence-electron chi connectivity index (χ0n) is 9.01. The van der Waals surface area contributed by atoms with Gasteiger partial charge in [0.05, 0.1) is 0 Å². The molecule has 2 nitrogen and oxygen atoms in total. The van der Waals surface area contributed by atoms with Crippen molar-refractivity contribution in [2.75, 3.05) is 6.54 Å². The molecule has 0 saturated carbocycles. The molecule has 0 aromatic heterocycles. The van der Waals surface area contributed by atoms with Gasteiger partial charge in [-0.1, -0.05) is 35.0 Å². The first kappa shape index (κ1) is 14.0. The molecule has 1 rings (SSSR count). The molecule has 0 spiro atoms. The van der Waals surface area contributed by atoms with Crippen LogP contribution in [0.1, 0.15) is 18.4 Å². The molecule has 1 aromatic carbocycles. The predicted molar refractivity (Wildman–Crippen MR) is 61.6 cm³/mol. The maximum absolute atomic E-state index is 11.9. The normalized spacial score (nSPS) is 13.2. The van der Waals surface area contributed by atoms with Gasteiger partial charge in [-0.3, -0.25) is 4.79 Å². The molecule has 6 heteroatoms. The van der Waals surface area contributed by atoms with Crippen molar-refractivity contribution in [3.8, 4) is 0 Å². The summed E-state index contributed by atoms with van der Waals surface area (Å²) in [6, 6.07) is 7.21. The average Bonchev–Trinajstić information content (AvgIpc) is 2.25. The summed E-state index contributed by atoms with van der Waals surface area (Å²) in [6.45, 7) is 1.71. The van der Waals surface area contributed by atoms with Gasteiger partial charge >= 0.3 is 12.1 Å². The quantitative estimate of drug-likeness (QED) is 0.912. The van der Waals surface area contributed by atoms with E-state index in [9.17, 15) is 18.0 Å². The summed E-state index contributed by atoms with van der Waals surface area (Å²) >= 11 is 3.26. The second-order valence-corrected chi connectivity index (χ2v) is 4.58. The molecule has 1 amide bonds. The lowest BCUT2D eigenvalue weighted by molar-refractivity contribution is -0.173. The number of hydrogen-bond donors (Lipinski definition) is 1. The highest BCUT2D eigenvalue weighted by Crippen LogP contribution is 2.19. The number of alkyl halides is 3. The Labute approximate surface area is 105 Å². The van der Waals surface area contributed by atoms with Crippen LogP contribution >= 0.6 is 15.9 Å². The van der Waals surface area contributed by atoms with Crippen molar-refractivity contribution < 1.29 is 18.0 Å². The minimum absolute atomic E-state index is 0.0417. The van der Waals surface area contributed by atoms with Gasteiger partial charge in [0.2, 0.25) is 0 Å². The third-order valence-corrected chi connectivity index (χ3v) is 2.79. The predicted octanol–water partition coefficient (Wildman–Crippen LogP) is 3.23. The van der Waals surface area contributed by atoms with E-state index in [4.69, 9.17) is 0 Å². The zero-order valence-corrected chi connectivity index (χ0v) is 10.6.